The molecule has 2 heteroatoms. The lowest BCUT2D eigenvalue weighted by atomic mass is 10.1. The van der Waals surface area contributed by atoms with Crippen molar-refractivity contribution in [3.05, 3.63) is 90.5 Å². The highest BCUT2D eigenvalue weighted by Gasteiger charge is 2.11. The van der Waals surface area contributed by atoms with E-state index in [1.807, 2.05) is 48.5 Å². The number of hydrogen-bond donors (Lipinski definition) is 0. The molecule has 0 unspecified atom stereocenters. The summed E-state index contributed by atoms with van der Waals surface area (Å²) in [6.07, 6.45) is 0. The van der Waals surface area contributed by atoms with E-state index in [4.69, 9.17) is 9.72 Å². The molecule has 0 aliphatic rings. The van der Waals surface area contributed by atoms with Crippen LogP contribution < -0.4 is 4.74 Å². The molecule has 0 saturated heterocycles. The van der Waals surface area contributed by atoms with E-state index in [1.165, 1.54) is 5.56 Å². The second kappa shape index (κ2) is 6.17. The van der Waals surface area contributed by atoms with E-state index in [0.29, 0.717) is 0 Å². The number of benzene rings is 3. The Bertz CT molecular complexity index is 979. The van der Waals surface area contributed by atoms with Crippen molar-refractivity contribution >= 4 is 10.9 Å². The van der Waals surface area contributed by atoms with Gasteiger partial charge in [0.15, 0.2) is 5.75 Å². The molecule has 0 atom stereocenters. The number of nitrogens with zero attached hydrogens (tertiary/aromatic N) is 1. The Morgan fingerprint density at radius 3 is 2.21 bits per heavy atom. The zero-order valence-electron chi connectivity index (χ0n) is 13.4. The number of ether oxygens (including phenoxy) is 1. The lowest BCUT2D eigenvalue weighted by Crippen LogP contribution is -1.93. The van der Waals surface area contributed by atoms with Crippen LogP contribution >= 0.6 is 0 Å². The van der Waals surface area contributed by atoms with E-state index < -0.39 is 0 Å². The van der Waals surface area contributed by atoms with Gasteiger partial charge in [0.05, 0.1) is 5.52 Å². The molecule has 0 amide bonds. The van der Waals surface area contributed by atoms with Gasteiger partial charge in [-0.05, 0) is 36.8 Å². The molecule has 0 bridgehead atoms. The first-order valence-electron chi connectivity index (χ1n) is 7.99. The average molecular weight is 311 g/mol. The zero-order chi connectivity index (χ0) is 16.4. The van der Waals surface area contributed by atoms with Crippen LogP contribution in [0.2, 0.25) is 0 Å². The molecule has 4 rings (SSSR count). The molecule has 1 heterocycles. The van der Waals surface area contributed by atoms with Crippen LogP contribution in [0.1, 0.15) is 5.56 Å². The molecule has 0 saturated carbocycles. The number of hydrogen-bond acceptors (Lipinski definition) is 2. The fourth-order valence-corrected chi connectivity index (χ4v) is 2.75. The van der Waals surface area contributed by atoms with Gasteiger partial charge < -0.3 is 4.74 Å². The number of fused-ring (bicyclic) bond motifs is 1. The van der Waals surface area contributed by atoms with E-state index in [2.05, 4.69) is 43.3 Å². The molecule has 0 fully saturated rings. The second-order valence-corrected chi connectivity index (χ2v) is 5.81. The highest BCUT2D eigenvalue weighted by atomic mass is 16.5. The molecule has 0 spiro atoms. The molecule has 3 aromatic carbocycles. The van der Waals surface area contributed by atoms with Crippen LogP contribution in [0.5, 0.6) is 11.5 Å². The minimum Gasteiger partial charge on any atom is -0.455 e. The van der Waals surface area contributed by atoms with Crippen LogP contribution in [0.3, 0.4) is 0 Å². The summed E-state index contributed by atoms with van der Waals surface area (Å²) < 4.78 is 6.14. The largest absolute Gasteiger partial charge is 0.455 e. The molecule has 1 aromatic heterocycles. The molecule has 2 nitrogen and oxygen atoms in total. The lowest BCUT2D eigenvalue weighted by molar-refractivity contribution is 0.483. The minimum absolute atomic E-state index is 0.767. The first-order valence-corrected chi connectivity index (χ1v) is 7.99. The lowest BCUT2D eigenvalue weighted by Gasteiger charge is -2.12. The van der Waals surface area contributed by atoms with Gasteiger partial charge in [-0.25, -0.2) is 4.98 Å². The fourth-order valence-electron chi connectivity index (χ4n) is 2.75. The normalized spacial score (nSPS) is 10.7. The Kier molecular flexibility index (Phi) is 3.72. The number of rotatable bonds is 3. The summed E-state index contributed by atoms with van der Waals surface area (Å²) in [5.41, 5.74) is 4.09. The van der Waals surface area contributed by atoms with Gasteiger partial charge in [-0.1, -0.05) is 60.7 Å². The maximum Gasteiger partial charge on any atom is 0.154 e. The van der Waals surface area contributed by atoms with Crippen LogP contribution in [0, 0.1) is 6.92 Å². The monoisotopic (exact) mass is 311 g/mol. The SMILES string of the molecule is Cc1ccc2cc(Oc3ccccc3)c(-c3ccccc3)nc2c1. The Labute approximate surface area is 141 Å². The van der Waals surface area contributed by atoms with Gasteiger partial charge >= 0.3 is 0 Å². The molecular weight excluding hydrogens is 294 g/mol. The van der Waals surface area contributed by atoms with Crippen LogP contribution in [0.15, 0.2) is 84.9 Å². The highest BCUT2D eigenvalue weighted by Crippen LogP contribution is 2.34. The van der Waals surface area contributed by atoms with Crippen molar-refractivity contribution < 1.29 is 4.74 Å². The summed E-state index contributed by atoms with van der Waals surface area (Å²) in [5, 5.41) is 1.08. The zero-order valence-corrected chi connectivity index (χ0v) is 13.4. The predicted molar refractivity (Wildman–Crippen MR) is 98.4 cm³/mol. The van der Waals surface area contributed by atoms with Gasteiger partial charge in [0.2, 0.25) is 0 Å². The third kappa shape index (κ3) is 2.86. The second-order valence-electron chi connectivity index (χ2n) is 5.81. The summed E-state index contributed by atoms with van der Waals surface area (Å²) in [6.45, 7) is 2.08. The van der Waals surface area contributed by atoms with E-state index in [-0.39, 0.29) is 0 Å². The molecule has 0 N–H and O–H groups in total. The molecule has 4 aromatic rings. The van der Waals surface area contributed by atoms with Gasteiger partial charge in [0, 0.05) is 10.9 Å². The van der Waals surface area contributed by atoms with Crippen molar-refractivity contribution in [3.8, 4) is 22.8 Å². The van der Waals surface area contributed by atoms with Gasteiger partial charge in [-0.15, -0.1) is 0 Å². The van der Waals surface area contributed by atoms with Crippen molar-refractivity contribution in [3.63, 3.8) is 0 Å². The minimum atomic E-state index is 0.767. The molecule has 0 aliphatic heterocycles. The van der Waals surface area contributed by atoms with Gasteiger partial charge in [-0.2, -0.15) is 0 Å². The Morgan fingerprint density at radius 2 is 1.46 bits per heavy atom. The topological polar surface area (TPSA) is 22.1 Å². The number of para-hydroxylation sites is 1. The molecule has 0 aliphatic carbocycles. The highest BCUT2D eigenvalue weighted by molar-refractivity contribution is 5.85. The van der Waals surface area contributed by atoms with Crippen LogP contribution in [0.25, 0.3) is 22.2 Å². The van der Waals surface area contributed by atoms with E-state index >= 15 is 0 Å². The summed E-state index contributed by atoms with van der Waals surface area (Å²) in [6, 6.07) is 28.3. The Hall–Kier alpha value is -3.13. The van der Waals surface area contributed by atoms with Crippen molar-refractivity contribution in [2.45, 2.75) is 6.92 Å². The number of pyridine rings is 1. The summed E-state index contributed by atoms with van der Waals surface area (Å²) in [5.74, 6) is 1.58. The smallest absolute Gasteiger partial charge is 0.154 e. The predicted octanol–water partition coefficient (Wildman–Crippen LogP) is 6.00. The third-order valence-electron chi connectivity index (χ3n) is 3.96. The van der Waals surface area contributed by atoms with Crippen LogP contribution in [-0.2, 0) is 0 Å². The molecule has 116 valence electrons. The third-order valence-corrected chi connectivity index (χ3v) is 3.96. The van der Waals surface area contributed by atoms with Gasteiger partial charge in [0.1, 0.15) is 11.4 Å². The van der Waals surface area contributed by atoms with E-state index in [0.717, 1.165) is 33.7 Å². The van der Waals surface area contributed by atoms with E-state index in [9.17, 15) is 0 Å². The summed E-state index contributed by atoms with van der Waals surface area (Å²) >= 11 is 0. The van der Waals surface area contributed by atoms with Crippen molar-refractivity contribution in [1.82, 2.24) is 4.98 Å². The Morgan fingerprint density at radius 1 is 0.750 bits per heavy atom. The summed E-state index contributed by atoms with van der Waals surface area (Å²) in [7, 11) is 0. The first kappa shape index (κ1) is 14.5. The Balaban J connectivity index is 1.90. The van der Waals surface area contributed by atoms with Crippen molar-refractivity contribution in [2.24, 2.45) is 0 Å². The maximum absolute atomic E-state index is 6.14. The van der Waals surface area contributed by atoms with Crippen LogP contribution in [0.4, 0.5) is 0 Å². The van der Waals surface area contributed by atoms with Gasteiger partial charge in [-0.3, -0.25) is 0 Å². The molecule has 0 radical (unpaired) electrons. The maximum atomic E-state index is 6.14. The average Bonchev–Trinajstić information content (AvgIpc) is 2.63. The van der Waals surface area contributed by atoms with Crippen molar-refractivity contribution in [2.75, 3.05) is 0 Å². The standard InChI is InChI=1S/C22H17NO/c1-16-12-13-18-15-21(24-19-10-6-3-7-11-19)22(23-20(18)14-16)17-8-4-2-5-9-17/h2-15H,1H3. The number of aryl methyl sites for hydroxylation is 1. The fraction of sp³-hybridized carbons (Fsp3) is 0.0455. The number of aromatic nitrogens is 1. The quantitative estimate of drug-likeness (QED) is 0.463. The first-order chi connectivity index (χ1) is 11.8. The van der Waals surface area contributed by atoms with Gasteiger partial charge in [0.25, 0.3) is 0 Å². The molecular formula is C22H17NO. The molecule has 24 heavy (non-hydrogen) atoms. The van der Waals surface area contributed by atoms with E-state index in [1.54, 1.807) is 0 Å². The van der Waals surface area contributed by atoms with Crippen LogP contribution in [-0.4, -0.2) is 4.98 Å². The van der Waals surface area contributed by atoms with Crippen molar-refractivity contribution in [1.29, 1.82) is 0 Å². The summed E-state index contributed by atoms with van der Waals surface area (Å²) in [4.78, 5) is 4.88.